The van der Waals surface area contributed by atoms with Gasteiger partial charge in [-0.05, 0) is 54.3 Å². The van der Waals surface area contributed by atoms with Gasteiger partial charge < -0.3 is 15.5 Å². The molecule has 0 aliphatic heterocycles. The number of nitrogens with one attached hydrogen (secondary N) is 1. The molecule has 1 heterocycles. The number of aromatic hydroxyl groups is 1. The molecule has 0 fully saturated rings. The van der Waals surface area contributed by atoms with Gasteiger partial charge in [0.2, 0.25) is 10.0 Å². The van der Waals surface area contributed by atoms with E-state index >= 15 is 0 Å². The zero-order valence-electron chi connectivity index (χ0n) is 21.9. The first kappa shape index (κ1) is 28.7. The Labute approximate surface area is 233 Å². The first-order valence-corrected chi connectivity index (χ1v) is 15.1. The number of amides is 1. The minimum atomic E-state index is -3.96. The van der Waals surface area contributed by atoms with Crippen LogP contribution in [-0.4, -0.2) is 59.1 Å². The van der Waals surface area contributed by atoms with Crippen LogP contribution in [0.25, 0.3) is 10.2 Å². The van der Waals surface area contributed by atoms with Gasteiger partial charge >= 0.3 is 0 Å². The fourth-order valence-corrected chi connectivity index (χ4v) is 6.67. The van der Waals surface area contributed by atoms with Crippen LogP contribution >= 0.6 is 11.3 Å². The van der Waals surface area contributed by atoms with Crippen LogP contribution in [-0.2, 0) is 16.4 Å². The molecule has 0 spiro atoms. The first-order valence-electron chi connectivity index (χ1n) is 12.8. The number of phenolic OH excluding ortho intramolecular Hbond substituents is 1. The quantitative estimate of drug-likeness (QED) is 0.233. The highest BCUT2D eigenvalue weighted by Gasteiger charge is 2.32. The van der Waals surface area contributed by atoms with Crippen molar-refractivity contribution in [2.75, 3.05) is 13.1 Å². The molecule has 3 N–H and O–H groups in total. The number of benzene rings is 3. The molecule has 8 nitrogen and oxygen atoms in total. The maximum atomic E-state index is 13.8. The average Bonchev–Trinajstić information content (AvgIpc) is 3.41. The number of aromatic nitrogens is 1. The van der Waals surface area contributed by atoms with Gasteiger partial charge in [-0.1, -0.05) is 56.7 Å². The molecular formula is C29H33N3O5S2. The second-order valence-corrected chi connectivity index (χ2v) is 12.5. The van der Waals surface area contributed by atoms with Gasteiger partial charge in [-0.2, -0.15) is 4.31 Å². The first-order chi connectivity index (χ1) is 18.7. The van der Waals surface area contributed by atoms with E-state index in [1.165, 1.54) is 27.8 Å². The lowest BCUT2D eigenvalue weighted by Crippen LogP contribution is -2.51. The van der Waals surface area contributed by atoms with Crippen molar-refractivity contribution in [3.63, 3.8) is 0 Å². The molecule has 1 aromatic heterocycles. The highest BCUT2D eigenvalue weighted by Crippen LogP contribution is 2.25. The van der Waals surface area contributed by atoms with Crippen LogP contribution in [0.5, 0.6) is 5.75 Å². The lowest BCUT2D eigenvalue weighted by atomic mass is 10.00. The van der Waals surface area contributed by atoms with E-state index in [-0.39, 0.29) is 41.6 Å². The van der Waals surface area contributed by atoms with Gasteiger partial charge in [-0.3, -0.25) is 4.79 Å². The number of nitrogens with zero attached hydrogens (tertiary/aromatic N) is 2. The van der Waals surface area contributed by atoms with E-state index in [0.717, 1.165) is 22.2 Å². The molecular weight excluding hydrogens is 534 g/mol. The summed E-state index contributed by atoms with van der Waals surface area (Å²) < 4.78 is 29.7. The van der Waals surface area contributed by atoms with Gasteiger partial charge in [0.15, 0.2) is 0 Å². The number of hydrogen-bond donors (Lipinski definition) is 3. The van der Waals surface area contributed by atoms with E-state index in [1.54, 1.807) is 35.8 Å². The molecule has 39 heavy (non-hydrogen) atoms. The number of phenols is 1. The van der Waals surface area contributed by atoms with Gasteiger partial charge in [0.25, 0.3) is 5.91 Å². The normalized spacial score (nSPS) is 14.3. The molecule has 3 aromatic carbocycles. The van der Waals surface area contributed by atoms with Gasteiger partial charge in [-0.15, -0.1) is 11.3 Å². The number of rotatable bonds is 12. The van der Waals surface area contributed by atoms with Crippen molar-refractivity contribution in [3.8, 4) is 5.75 Å². The van der Waals surface area contributed by atoms with Crippen molar-refractivity contribution in [3.05, 3.63) is 89.4 Å². The number of thiazole rings is 1. The minimum absolute atomic E-state index is 0.0495. The molecule has 0 aliphatic carbocycles. The summed E-state index contributed by atoms with van der Waals surface area (Å²) in [6.45, 7) is 3.97. The third-order valence-electron chi connectivity index (χ3n) is 6.73. The van der Waals surface area contributed by atoms with Crippen LogP contribution in [0, 0.1) is 5.92 Å². The average molecular weight is 568 g/mol. The number of carbonyl (C=O) groups is 1. The van der Waals surface area contributed by atoms with Crippen molar-refractivity contribution >= 4 is 37.5 Å². The summed E-state index contributed by atoms with van der Waals surface area (Å²) in [5.74, 6) is -0.474. The molecule has 0 saturated heterocycles. The Balaban J connectivity index is 1.63. The number of sulfonamides is 1. The molecule has 4 rings (SSSR count). The van der Waals surface area contributed by atoms with E-state index < -0.39 is 28.1 Å². The van der Waals surface area contributed by atoms with Crippen LogP contribution in [0.3, 0.4) is 0 Å². The van der Waals surface area contributed by atoms with E-state index in [4.69, 9.17) is 0 Å². The number of carbonyl (C=O) groups excluding carboxylic acids is 1. The second-order valence-electron chi connectivity index (χ2n) is 9.70. The SMILES string of the molecule is CCC(C)CN(C[C@@H](O)[C@H](Cc1ccccc1)NC(=O)c1cccc(O)c1)S(=O)(=O)c1ccc2ncsc2c1. The number of aliphatic hydroxyl groups is 1. The zero-order chi connectivity index (χ0) is 28.0. The molecule has 3 atom stereocenters. The lowest BCUT2D eigenvalue weighted by molar-refractivity contribution is 0.0773. The van der Waals surface area contributed by atoms with Crippen molar-refractivity contribution in [1.82, 2.24) is 14.6 Å². The van der Waals surface area contributed by atoms with Gasteiger partial charge in [-0.25, -0.2) is 13.4 Å². The molecule has 0 radical (unpaired) electrons. The van der Waals surface area contributed by atoms with Crippen molar-refractivity contribution in [2.45, 2.75) is 43.7 Å². The van der Waals surface area contributed by atoms with Crippen LogP contribution in [0.2, 0.25) is 0 Å². The number of fused-ring (bicyclic) bond motifs is 1. The van der Waals surface area contributed by atoms with Crippen molar-refractivity contribution in [2.24, 2.45) is 5.92 Å². The summed E-state index contributed by atoms with van der Waals surface area (Å²) in [4.78, 5) is 17.4. The number of hydrogen-bond acceptors (Lipinski definition) is 7. The smallest absolute Gasteiger partial charge is 0.251 e. The molecule has 10 heteroatoms. The fourth-order valence-electron chi connectivity index (χ4n) is 4.28. The van der Waals surface area contributed by atoms with E-state index in [2.05, 4.69) is 10.3 Å². The number of aliphatic hydroxyl groups excluding tert-OH is 1. The van der Waals surface area contributed by atoms with Crippen LogP contribution in [0.1, 0.15) is 36.2 Å². The predicted octanol–water partition coefficient (Wildman–Crippen LogP) is 4.44. The lowest BCUT2D eigenvalue weighted by Gasteiger charge is -2.31. The maximum Gasteiger partial charge on any atom is 0.251 e. The molecule has 1 unspecified atom stereocenters. The Morgan fingerprint density at radius 3 is 2.54 bits per heavy atom. The largest absolute Gasteiger partial charge is 0.508 e. The third kappa shape index (κ3) is 7.21. The maximum absolute atomic E-state index is 13.8. The molecule has 0 bridgehead atoms. The second kappa shape index (κ2) is 12.7. The molecule has 4 aromatic rings. The third-order valence-corrected chi connectivity index (χ3v) is 9.35. The Bertz CT molecular complexity index is 1510. The fraction of sp³-hybridized carbons (Fsp3) is 0.310. The monoisotopic (exact) mass is 567 g/mol. The van der Waals surface area contributed by atoms with Gasteiger partial charge in [0, 0.05) is 18.7 Å². The standard InChI is InChI=1S/C29H33N3O5S2/c1-3-20(2)17-32(39(36,37)24-12-13-25-28(16-24)38-19-30-25)18-27(34)26(14-21-8-5-4-6-9-21)31-29(35)22-10-7-11-23(33)15-22/h4-13,15-16,19-20,26-27,33-34H,3,14,17-18H2,1-2H3,(H,31,35)/t20?,26-,27+/m0/s1. The molecule has 1 amide bonds. The van der Waals surface area contributed by atoms with Crippen molar-refractivity contribution < 1.29 is 23.4 Å². The molecule has 0 aliphatic rings. The minimum Gasteiger partial charge on any atom is -0.508 e. The molecule has 0 saturated carbocycles. The Hall–Kier alpha value is -3.31. The summed E-state index contributed by atoms with van der Waals surface area (Å²) in [6, 6.07) is 19.4. The van der Waals surface area contributed by atoms with Crippen molar-refractivity contribution in [1.29, 1.82) is 0 Å². The zero-order valence-corrected chi connectivity index (χ0v) is 23.5. The summed E-state index contributed by atoms with van der Waals surface area (Å²) >= 11 is 1.36. The van der Waals surface area contributed by atoms with E-state index in [0.29, 0.717) is 0 Å². The highest BCUT2D eigenvalue weighted by molar-refractivity contribution is 7.89. The Morgan fingerprint density at radius 1 is 1.05 bits per heavy atom. The topological polar surface area (TPSA) is 120 Å². The summed E-state index contributed by atoms with van der Waals surface area (Å²) in [5.41, 5.74) is 3.52. The van der Waals surface area contributed by atoms with Gasteiger partial charge in [0.05, 0.1) is 32.8 Å². The van der Waals surface area contributed by atoms with Crippen LogP contribution in [0.4, 0.5) is 0 Å². The molecule has 206 valence electrons. The Kier molecular flexibility index (Phi) is 9.34. The predicted molar refractivity (Wildman–Crippen MR) is 153 cm³/mol. The van der Waals surface area contributed by atoms with E-state index in [1.807, 2.05) is 44.2 Å². The van der Waals surface area contributed by atoms with E-state index in [9.17, 15) is 23.4 Å². The Morgan fingerprint density at radius 2 is 1.82 bits per heavy atom. The van der Waals surface area contributed by atoms with Crippen LogP contribution < -0.4 is 5.32 Å². The van der Waals surface area contributed by atoms with Crippen LogP contribution in [0.15, 0.2) is 83.2 Å². The summed E-state index contributed by atoms with van der Waals surface area (Å²) in [7, 11) is -3.96. The van der Waals surface area contributed by atoms with Gasteiger partial charge in [0.1, 0.15) is 5.75 Å². The summed E-state index contributed by atoms with van der Waals surface area (Å²) in [6.07, 6.45) is -0.161. The summed E-state index contributed by atoms with van der Waals surface area (Å²) in [5, 5.41) is 24.1. The highest BCUT2D eigenvalue weighted by atomic mass is 32.2.